The molecule has 0 aromatic rings. The van der Waals surface area contributed by atoms with E-state index >= 15 is 0 Å². The average molecular weight is 260 g/mol. The molecule has 9 nitrogen and oxygen atoms in total. The highest BCUT2D eigenvalue weighted by Gasteiger charge is 2.53. The summed E-state index contributed by atoms with van der Waals surface area (Å²) in [6, 6.07) is 0. The van der Waals surface area contributed by atoms with Gasteiger partial charge in [-0.2, -0.15) is 0 Å². The van der Waals surface area contributed by atoms with Gasteiger partial charge in [-0.1, -0.05) is 0 Å². The number of hydrogen-bond donors (Lipinski definition) is 6. The first-order valence-electron chi connectivity index (χ1n) is 4.27. The Hall–Kier alpha value is -0.0900. The van der Waals surface area contributed by atoms with Gasteiger partial charge in [-0.15, -0.1) is 0 Å². The first kappa shape index (κ1) is 14.0. The van der Waals surface area contributed by atoms with Gasteiger partial charge >= 0.3 is 7.82 Å². The molecule has 0 radical (unpaired) electrons. The molecular formula is C6H13O9P. The lowest BCUT2D eigenvalue weighted by atomic mass is 10.1. The fraction of sp³-hybridized carbons (Fsp3) is 1.00. The molecule has 96 valence electrons. The second-order valence-electron chi connectivity index (χ2n) is 3.38. The van der Waals surface area contributed by atoms with E-state index in [1.807, 2.05) is 0 Å². The molecule has 0 aromatic heterocycles. The van der Waals surface area contributed by atoms with Gasteiger partial charge in [0.05, 0.1) is 13.2 Å². The van der Waals surface area contributed by atoms with Gasteiger partial charge in [0.25, 0.3) is 0 Å². The zero-order valence-electron chi connectivity index (χ0n) is 8.00. The summed E-state index contributed by atoms with van der Waals surface area (Å²) in [4.78, 5) is 16.8. The molecule has 1 rings (SSSR count). The van der Waals surface area contributed by atoms with Crippen molar-refractivity contribution in [1.82, 2.24) is 0 Å². The zero-order valence-corrected chi connectivity index (χ0v) is 8.90. The maximum absolute atomic E-state index is 10.4. The van der Waals surface area contributed by atoms with Gasteiger partial charge < -0.3 is 34.9 Å². The minimum atomic E-state index is -4.73. The van der Waals surface area contributed by atoms with E-state index in [1.165, 1.54) is 0 Å². The van der Waals surface area contributed by atoms with Crippen molar-refractivity contribution in [2.75, 3.05) is 13.2 Å². The van der Waals surface area contributed by atoms with Gasteiger partial charge in [0.1, 0.15) is 18.3 Å². The van der Waals surface area contributed by atoms with Crippen LogP contribution in [0.3, 0.4) is 0 Å². The third-order valence-electron chi connectivity index (χ3n) is 2.16. The highest BCUT2D eigenvalue weighted by atomic mass is 31.2. The first-order chi connectivity index (χ1) is 7.19. The lowest BCUT2D eigenvalue weighted by Crippen LogP contribution is -2.46. The van der Waals surface area contributed by atoms with Crippen LogP contribution in [0.1, 0.15) is 0 Å². The van der Waals surface area contributed by atoms with Crippen LogP contribution in [-0.2, 0) is 13.8 Å². The molecule has 0 saturated carbocycles. The van der Waals surface area contributed by atoms with Crippen LogP contribution in [0.4, 0.5) is 0 Å². The van der Waals surface area contributed by atoms with E-state index in [0.29, 0.717) is 0 Å². The van der Waals surface area contributed by atoms with E-state index in [2.05, 4.69) is 9.26 Å². The Morgan fingerprint density at radius 2 is 1.94 bits per heavy atom. The van der Waals surface area contributed by atoms with Crippen molar-refractivity contribution >= 4 is 7.82 Å². The SMILES string of the molecule is O=P(O)(O)OC[C@@H]1O[C@](O)(CO)[C@H](O)[C@@H]1O. The maximum atomic E-state index is 10.4. The maximum Gasteiger partial charge on any atom is 0.469 e. The van der Waals surface area contributed by atoms with Gasteiger partial charge in [0, 0.05) is 0 Å². The molecule has 1 fully saturated rings. The van der Waals surface area contributed by atoms with E-state index in [4.69, 9.17) is 14.9 Å². The number of rotatable bonds is 4. The molecular weight excluding hydrogens is 247 g/mol. The van der Waals surface area contributed by atoms with Crippen LogP contribution in [0.25, 0.3) is 0 Å². The first-order valence-corrected chi connectivity index (χ1v) is 5.80. The van der Waals surface area contributed by atoms with E-state index in [1.54, 1.807) is 0 Å². The molecule has 1 aliphatic heterocycles. The predicted octanol–water partition coefficient (Wildman–Crippen LogP) is -3.10. The monoisotopic (exact) mass is 260 g/mol. The minimum absolute atomic E-state index is 0.731. The second kappa shape index (κ2) is 4.65. The molecule has 0 aliphatic carbocycles. The minimum Gasteiger partial charge on any atom is -0.391 e. The van der Waals surface area contributed by atoms with Crippen molar-refractivity contribution in [2.24, 2.45) is 0 Å². The van der Waals surface area contributed by atoms with Crippen molar-refractivity contribution in [1.29, 1.82) is 0 Å². The van der Waals surface area contributed by atoms with Crippen LogP contribution in [0, 0.1) is 0 Å². The van der Waals surface area contributed by atoms with Crippen LogP contribution < -0.4 is 0 Å². The van der Waals surface area contributed by atoms with Gasteiger partial charge in [-0.3, -0.25) is 4.52 Å². The van der Waals surface area contributed by atoms with E-state index in [-0.39, 0.29) is 0 Å². The Morgan fingerprint density at radius 1 is 1.38 bits per heavy atom. The summed E-state index contributed by atoms with van der Waals surface area (Å²) in [5.74, 6) is -2.36. The Labute approximate surface area is 90.1 Å². The van der Waals surface area contributed by atoms with Crippen molar-refractivity contribution in [3.8, 4) is 0 Å². The quantitative estimate of drug-likeness (QED) is 0.288. The number of aliphatic hydroxyl groups is 4. The molecule has 6 N–H and O–H groups in total. The topological polar surface area (TPSA) is 157 Å². The van der Waals surface area contributed by atoms with Gasteiger partial charge in [-0.05, 0) is 0 Å². The van der Waals surface area contributed by atoms with Gasteiger partial charge in [0.2, 0.25) is 5.79 Å². The molecule has 1 heterocycles. The average Bonchev–Trinajstić information content (AvgIpc) is 2.40. The fourth-order valence-electron chi connectivity index (χ4n) is 1.31. The summed E-state index contributed by atoms with van der Waals surface area (Å²) in [6.45, 7) is -1.71. The van der Waals surface area contributed by atoms with Crippen molar-refractivity contribution in [3.05, 3.63) is 0 Å². The highest BCUT2D eigenvalue weighted by molar-refractivity contribution is 7.46. The van der Waals surface area contributed by atoms with Crippen molar-refractivity contribution in [2.45, 2.75) is 24.1 Å². The number of ether oxygens (including phenoxy) is 1. The Kier molecular flexibility index (Phi) is 4.06. The second-order valence-corrected chi connectivity index (χ2v) is 4.62. The third kappa shape index (κ3) is 2.98. The van der Waals surface area contributed by atoms with E-state index in [0.717, 1.165) is 0 Å². The lowest BCUT2D eigenvalue weighted by Gasteiger charge is -2.22. The zero-order chi connectivity index (χ0) is 12.6. The molecule has 0 unspecified atom stereocenters. The molecule has 4 atom stereocenters. The predicted molar refractivity (Wildman–Crippen MR) is 46.9 cm³/mol. The summed E-state index contributed by atoms with van der Waals surface area (Å²) in [5, 5.41) is 36.7. The fourth-order valence-corrected chi connectivity index (χ4v) is 1.65. The number of hydrogen-bond acceptors (Lipinski definition) is 7. The van der Waals surface area contributed by atoms with Crippen LogP contribution >= 0.6 is 7.82 Å². The van der Waals surface area contributed by atoms with Crippen molar-refractivity contribution in [3.63, 3.8) is 0 Å². The number of aliphatic hydroxyl groups excluding tert-OH is 3. The summed E-state index contributed by atoms with van der Waals surface area (Å²) in [7, 11) is -4.73. The normalized spacial score (nSPS) is 40.2. The van der Waals surface area contributed by atoms with E-state index in [9.17, 15) is 19.9 Å². The molecule has 10 heteroatoms. The summed E-state index contributed by atoms with van der Waals surface area (Å²) >= 11 is 0. The summed E-state index contributed by atoms with van der Waals surface area (Å²) in [6.07, 6.45) is -4.76. The van der Waals surface area contributed by atoms with Crippen molar-refractivity contribution < 1.29 is 44.0 Å². The van der Waals surface area contributed by atoms with Gasteiger partial charge in [0.15, 0.2) is 0 Å². The number of phosphoric ester groups is 1. The summed E-state index contributed by atoms with van der Waals surface area (Å²) in [5.41, 5.74) is 0. The lowest BCUT2D eigenvalue weighted by molar-refractivity contribution is -0.247. The molecule has 0 aromatic carbocycles. The molecule has 0 bridgehead atoms. The number of phosphoric acid groups is 1. The standard InChI is InChI=1S/C6H13O9P/c7-2-6(10)5(9)4(8)3(15-6)1-14-16(11,12)13/h3-5,7-10H,1-2H2,(H2,11,12,13)/t3-,4+,5+,6+/m0/s1. The Bertz CT molecular complexity index is 290. The Morgan fingerprint density at radius 3 is 2.31 bits per heavy atom. The molecule has 16 heavy (non-hydrogen) atoms. The van der Waals surface area contributed by atoms with Crippen LogP contribution in [-0.4, -0.2) is 67.5 Å². The largest absolute Gasteiger partial charge is 0.469 e. The van der Waals surface area contributed by atoms with Crippen LogP contribution in [0.2, 0.25) is 0 Å². The van der Waals surface area contributed by atoms with Crippen LogP contribution in [0.5, 0.6) is 0 Å². The molecule has 0 spiro atoms. The smallest absolute Gasteiger partial charge is 0.391 e. The molecule has 0 amide bonds. The Balaban J connectivity index is 2.61. The van der Waals surface area contributed by atoms with Crippen LogP contribution in [0.15, 0.2) is 0 Å². The highest BCUT2D eigenvalue weighted by Crippen LogP contribution is 2.38. The summed E-state index contributed by atoms with van der Waals surface area (Å²) < 4.78 is 19.1. The van der Waals surface area contributed by atoms with Gasteiger partial charge in [-0.25, -0.2) is 4.57 Å². The molecule has 1 saturated heterocycles. The third-order valence-corrected chi connectivity index (χ3v) is 2.64. The van der Waals surface area contributed by atoms with E-state index < -0.39 is 45.1 Å². The molecule has 1 aliphatic rings.